The Hall–Kier alpha value is -2.99. The first kappa shape index (κ1) is 23.2. The van der Waals surface area contributed by atoms with Crippen LogP contribution < -0.4 is 9.64 Å². The number of anilines is 1. The lowest BCUT2D eigenvalue weighted by Crippen LogP contribution is -2.29. The minimum absolute atomic E-state index is 0.0604. The Morgan fingerprint density at radius 3 is 2.27 bits per heavy atom. The van der Waals surface area contributed by atoms with Crippen molar-refractivity contribution in [1.82, 2.24) is 0 Å². The van der Waals surface area contributed by atoms with E-state index in [0.717, 1.165) is 5.56 Å². The van der Waals surface area contributed by atoms with Crippen LogP contribution in [0.3, 0.4) is 0 Å². The molecule has 0 aromatic heterocycles. The molecule has 0 saturated carbocycles. The SMILES string of the molecule is COc1cc(/C(O)=C2\C(=O)C(=O)N(c3cc(Cl)cc(Cl)c3)C2c2ccccc2C)ccc1Cl. The second kappa shape index (κ2) is 9.10. The van der Waals surface area contributed by atoms with E-state index in [1.54, 1.807) is 36.4 Å². The quantitative estimate of drug-likeness (QED) is 0.248. The summed E-state index contributed by atoms with van der Waals surface area (Å²) in [6.45, 7) is 1.87. The van der Waals surface area contributed by atoms with Crippen molar-refractivity contribution in [3.8, 4) is 5.75 Å². The maximum atomic E-state index is 13.3. The number of ketones is 1. The lowest BCUT2D eigenvalue weighted by molar-refractivity contribution is -0.132. The molecule has 168 valence electrons. The number of benzene rings is 3. The van der Waals surface area contributed by atoms with Gasteiger partial charge in [0.05, 0.1) is 23.7 Å². The van der Waals surface area contributed by atoms with Gasteiger partial charge >= 0.3 is 0 Å². The highest BCUT2D eigenvalue weighted by Gasteiger charge is 2.47. The van der Waals surface area contributed by atoms with Crippen LogP contribution in [0.2, 0.25) is 15.1 Å². The zero-order chi connectivity index (χ0) is 23.9. The van der Waals surface area contributed by atoms with E-state index in [9.17, 15) is 14.7 Å². The van der Waals surface area contributed by atoms with Crippen LogP contribution in [-0.4, -0.2) is 23.9 Å². The van der Waals surface area contributed by atoms with E-state index in [4.69, 9.17) is 39.5 Å². The summed E-state index contributed by atoms with van der Waals surface area (Å²) in [4.78, 5) is 27.8. The van der Waals surface area contributed by atoms with Gasteiger partial charge in [0.2, 0.25) is 0 Å². The third kappa shape index (κ3) is 4.20. The van der Waals surface area contributed by atoms with Crippen molar-refractivity contribution in [3.63, 3.8) is 0 Å². The van der Waals surface area contributed by atoms with Gasteiger partial charge in [-0.15, -0.1) is 0 Å². The maximum absolute atomic E-state index is 13.3. The van der Waals surface area contributed by atoms with Crippen molar-refractivity contribution < 1.29 is 19.4 Å². The fourth-order valence-corrected chi connectivity index (χ4v) is 4.64. The van der Waals surface area contributed by atoms with Crippen LogP contribution in [0.25, 0.3) is 5.76 Å². The van der Waals surface area contributed by atoms with Crippen molar-refractivity contribution >= 4 is 57.9 Å². The largest absolute Gasteiger partial charge is 0.507 e. The molecule has 1 saturated heterocycles. The van der Waals surface area contributed by atoms with Crippen LogP contribution >= 0.6 is 34.8 Å². The molecule has 1 atom stereocenters. The monoisotopic (exact) mass is 501 g/mol. The number of Topliss-reactive ketones (excluding diaryl/α,β-unsaturated/α-hetero) is 1. The van der Waals surface area contributed by atoms with Gasteiger partial charge in [0.25, 0.3) is 11.7 Å². The third-order valence-electron chi connectivity index (χ3n) is 5.48. The summed E-state index contributed by atoms with van der Waals surface area (Å²) in [7, 11) is 1.44. The average molecular weight is 503 g/mol. The second-order valence-corrected chi connectivity index (χ2v) is 8.78. The number of amides is 1. The summed E-state index contributed by atoms with van der Waals surface area (Å²) in [5.74, 6) is -1.65. The minimum Gasteiger partial charge on any atom is -0.507 e. The van der Waals surface area contributed by atoms with Gasteiger partial charge in [-0.2, -0.15) is 0 Å². The summed E-state index contributed by atoms with van der Waals surface area (Å²) in [6.07, 6.45) is 0. The molecule has 3 aromatic rings. The molecular formula is C25H18Cl3NO4. The molecule has 1 amide bonds. The molecular weight excluding hydrogens is 485 g/mol. The van der Waals surface area contributed by atoms with Gasteiger partial charge in [-0.3, -0.25) is 14.5 Å². The van der Waals surface area contributed by atoms with Gasteiger partial charge in [-0.1, -0.05) is 59.1 Å². The number of carbonyl (C=O) groups excluding carboxylic acids is 2. The lowest BCUT2D eigenvalue weighted by Gasteiger charge is -2.27. The molecule has 1 unspecified atom stereocenters. The Morgan fingerprint density at radius 2 is 1.64 bits per heavy atom. The van der Waals surface area contributed by atoms with Crippen molar-refractivity contribution in [2.24, 2.45) is 0 Å². The summed E-state index contributed by atoms with van der Waals surface area (Å²) in [6, 6.07) is 15.7. The Kier molecular flexibility index (Phi) is 6.39. The molecule has 1 N–H and O–H groups in total. The number of methoxy groups -OCH3 is 1. The van der Waals surface area contributed by atoms with E-state index >= 15 is 0 Å². The Morgan fingerprint density at radius 1 is 0.970 bits per heavy atom. The molecule has 0 aliphatic carbocycles. The molecule has 5 nitrogen and oxygen atoms in total. The Labute approximate surface area is 205 Å². The third-order valence-corrected chi connectivity index (χ3v) is 6.23. The predicted molar refractivity (Wildman–Crippen MR) is 130 cm³/mol. The molecule has 33 heavy (non-hydrogen) atoms. The smallest absolute Gasteiger partial charge is 0.300 e. The van der Waals surface area contributed by atoms with Gasteiger partial charge in [-0.05, 0) is 54.4 Å². The van der Waals surface area contributed by atoms with Crippen LogP contribution in [0.1, 0.15) is 22.7 Å². The molecule has 0 radical (unpaired) electrons. The zero-order valence-electron chi connectivity index (χ0n) is 17.6. The number of ether oxygens (including phenoxy) is 1. The molecule has 3 aromatic carbocycles. The van der Waals surface area contributed by atoms with Crippen LogP contribution in [0, 0.1) is 6.92 Å². The van der Waals surface area contributed by atoms with Gasteiger partial charge in [0.15, 0.2) is 0 Å². The number of rotatable bonds is 4. The molecule has 0 spiro atoms. The van der Waals surface area contributed by atoms with Gasteiger partial charge in [0.1, 0.15) is 11.5 Å². The molecule has 1 fully saturated rings. The van der Waals surface area contributed by atoms with Gasteiger partial charge in [-0.25, -0.2) is 0 Å². The zero-order valence-corrected chi connectivity index (χ0v) is 19.9. The van der Waals surface area contributed by atoms with Crippen molar-refractivity contribution in [2.45, 2.75) is 13.0 Å². The minimum atomic E-state index is -0.901. The van der Waals surface area contributed by atoms with E-state index < -0.39 is 17.7 Å². The first-order chi connectivity index (χ1) is 15.7. The number of aliphatic hydroxyl groups excluding tert-OH is 1. The summed E-state index contributed by atoms with van der Waals surface area (Å²) in [5, 5.41) is 12.2. The number of aryl methyl sites for hydroxylation is 1. The molecule has 4 rings (SSSR count). The van der Waals surface area contributed by atoms with Crippen LogP contribution in [0.4, 0.5) is 5.69 Å². The number of hydrogen-bond donors (Lipinski definition) is 1. The first-order valence-electron chi connectivity index (χ1n) is 9.89. The van der Waals surface area contributed by atoms with E-state index in [-0.39, 0.29) is 16.9 Å². The molecule has 8 heteroatoms. The summed E-state index contributed by atoms with van der Waals surface area (Å²) in [5.41, 5.74) is 2.08. The molecule has 1 heterocycles. The number of nitrogens with zero attached hydrogens (tertiary/aromatic N) is 1. The number of hydrogen-bond acceptors (Lipinski definition) is 4. The first-order valence-corrected chi connectivity index (χ1v) is 11.0. The van der Waals surface area contributed by atoms with E-state index in [2.05, 4.69) is 0 Å². The molecule has 1 aliphatic heterocycles. The second-order valence-electron chi connectivity index (χ2n) is 7.50. The Balaban J connectivity index is 1.99. The highest BCUT2D eigenvalue weighted by molar-refractivity contribution is 6.52. The Bertz CT molecular complexity index is 1300. The number of aliphatic hydroxyl groups is 1. The van der Waals surface area contributed by atoms with E-state index in [1.807, 2.05) is 19.1 Å². The van der Waals surface area contributed by atoms with Crippen molar-refractivity contribution in [2.75, 3.05) is 12.0 Å². The van der Waals surface area contributed by atoms with E-state index in [1.165, 1.54) is 24.1 Å². The molecule has 0 bridgehead atoms. The highest BCUT2D eigenvalue weighted by Crippen LogP contribution is 2.44. The fraction of sp³-hybridized carbons (Fsp3) is 0.120. The van der Waals surface area contributed by atoms with E-state index in [0.29, 0.717) is 32.1 Å². The topological polar surface area (TPSA) is 66.8 Å². The maximum Gasteiger partial charge on any atom is 0.300 e. The standard InChI is InChI=1S/C25H18Cl3NO4/c1-13-5-3-4-6-18(13)22-21(23(30)14-7-8-19(28)20(9-14)33-2)24(31)25(32)29(22)17-11-15(26)10-16(27)12-17/h3-12,22,30H,1-2H3/b23-21+. The van der Waals surface area contributed by atoms with Crippen molar-refractivity contribution in [1.29, 1.82) is 0 Å². The van der Waals surface area contributed by atoms with Gasteiger partial charge in [0, 0.05) is 21.3 Å². The van der Waals surface area contributed by atoms with Crippen LogP contribution in [0.5, 0.6) is 5.75 Å². The highest BCUT2D eigenvalue weighted by atomic mass is 35.5. The van der Waals surface area contributed by atoms with Crippen molar-refractivity contribution in [3.05, 3.63) is 98.0 Å². The van der Waals surface area contributed by atoms with Crippen LogP contribution in [0.15, 0.2) is 66.2 Å². The number of carbonyl (C=O) groups is 2. The molecule has 1 aliphatic rings. The van der Waals surface area contributed by atoms with Crippen LogP contribution in [-0.2, 0) is 9.59 Å². The summed E-state index contributed by atoms with van der Waals surface area (Å²) < 4.78 is 5.24. The fourth-order valence-electron chi connectivity index (χ4n) is 3.93. The number of halogens is 3. The summed E-state index contributed by atoms with van der Waals surface area (Å²) >= 11 is 18.5. The van der Waals surface area contributed by atoms with Gasteiger partial charge < -0.3 is 9.84 Å². The normalized spacial score (nSPS) is 17.5. The average Bonchev–Trinajstić information content (AvgIpc) is 3.03. The lowest BCUT2D eigenvalue weighted by atomic mass is 9.92. The predicted octanol–water partition coefficient (Wildman–Crippen LogP) is 6.59.